The summed E-state index contributed by atoms with van der Waals surface area (Å²) < 4.78 is 29.4. The Morgan fingerprint density at radius 3 is 2.83 bits per heavy atom. The second-order valence-electron chi connectivity index (χ2n) is 6.51. The van der Waals surface area contributed by atoms with Crippen LogP contribution in [0, 0.1) is 18.6 Å². The van der Waals surface area contributed by atoms with Gasteiger partial charge in [-0.3, -0.25) is 9.59 Å². The molecule has 0 atom stereocenters. The van der Waals surface area contributed by atoms with Crippen LogP contribution >= 0.6 is 11.3 Å². The molecule has 7 nitrogen and oxygen atoms in total. The molecule has 1 amide bonds. The minimum Gasteiger partial charge on any atom is -0.317 e. The molecule has 4 aromatic rings. The summed E-state index contributed by atoms with van der Waals surface area (Å²) in [5, 5.41) is 4.59. The number of nitrogens with zero attached hydrogens (tertiary/aromatic N) is 4. The lowest BCUT2D eigenvalue weighted by atomic mass is 10.2. The Morgan fingerprint density at radius 1 is 1.28 bits per heavy atom. The number of aryl methyl sites for hydroxylation is 2. The first-order valence-electron chi connectivity index (χ1n) is 8.55. The van der Waals surface area contributed by atoms with Gasteiger partial charge in [-0.15, -0.1) is 11.3 Å². The maximum Gasteiger partial charge on any atom is 0.276 e. The summed E-state index contributed by atoms with van der Waals surface area (Å²) in [6.45, 7) is 1.73. The molecular weight excluding hydrogens is 400 g/mol. The van der Waals surface area contributed by atoms with Crippen molar-refractivity contribution in [2.24, 2.45) is 7.05 Å². The van der Waals surface area contributed by atoms with Gasteiger partial charge in [0.2, 0.25) is 5.91 Å². The highest BCUT2D eigenvalue weighted by Gasteiger charge is 2.15. The molecule has 29 heavy (non-hydrogen) atoms. The summed E-state index contributed by atoms with van der Waals surface area (Å²) in [6, 6.07) is 3.48. The van der Waals surface area contributed by atoms with Crippen LogP contribution in [0.4, 0.5) is 13.9 Å². The molecule has 1 N–H and O–H groups in total. The Labute approximate surface area is 167 Å². The second-order valence-corrected chi connectivity index (χ2v) is 7.37. The number of nitrogens with one attached hydrogen (secondary N) is 1. The van der Waals surface area contributed by atoms with Gasteiger partial charge in [-0.05, 0) is 30.7 Å². The standard InChI is InChI=1S/C19H15F2N5O2S/c1-10-6-25(2)18(28)17-16(10)22-9-26(17)7-15(27)24-19-23-14(8-29-19)11-3-4-12(20)13(21)5-11/h3-6,8-9H,7H2,1-2H3,(H,23,24,27). The van der Waals surface area contributed by atoms with E-state index < -0.39 is 11.6 Å². The van der Waals surface area contributed by atoms with Gasteiger partial charge in [0.15, 0.2) is 16.8 Å². The van der Waals surface area contributed by atoms with E-state index in [1.807, 2.05) is 6.92 Å². The van der Waals surface area contributed by atoms with Crippen molar-refractivity contribution in [2.75, 3.05) is 5.32 Å². The molecule has 0 aliphatic rings. The van der Waals surface area contributed by atoms with E-state index in [0.717, 1.165) is 29.0 Å². The minimum atomic E-state index is -0.968. The van der Waals surface area contributed by atoms with Gasteiger partial charge >= 0.3 is 0 Å². The molecule has 0 aliphatic heterocycles. The monoisotopic (exact) mass is 415 g/mol. The highest BCUT2D eigenvalue weighted by Crippen LogP contribution is 2.26. The van der Waals surface area contributed by atoms with Gasteiger partial charge < -0.3 is 14.5 Å². The third-order valence-electron chi connectivity index (χ3n) is 4.40. The van der Waals surface area contributed by atoms with E-state index in [1.54, 1.807) is 18.6 Å². The minimum absolute atomic E-state index is 0.116. The fraction of sp³-hybridized carbons (Fsp3) is 0.158. The second kappa shape index (κ2) is 7.21. The Morgan fingerprint density at radius 2 is 2.07 bits per heavy atom. The number of benzene rings is 1. The zero-order valence-corrected chi connectivity index (χ0v) is 16.3. The van der Waals surface area contributed by atoms with E-state index in [2.05, 4.69) is 15.3 Å². The summed E-state index contributed by atoms with van der Waals surface area (Å²) in [5.74, 6) is -2.30. The van der Waals surface area contributed by atoms with E-state index >= 15 is 0 Å². The number of anilines is 1. The number of hydrogen-bond donors (Lipinski definition) is 1. The number of thiazole rings is 1. The lowest BCUT2D eigenvalue weighted by Crippen LogP contribution is -2.23. The molecular formula is C19H15F2N5O2S. The number of aromatic nitrogens is 4. The number of fused-ring (bicyclic) bond motifs is 1. The van der Waals surface area contributed by atoms with Crippen LogP contribution < -0.4 is 10.9 Å². The molecule has 0 bridgehead atoms. The van der Waals surface area contributed by atoms with Crippen LogP contribution in [0.15, 0.2) is 40.9 Å². The first-order valence-corrected chi connectivity index (χ1v) is 9.43. The fourth-order valence-electron chi connectivity index (χ4n) is 3.02. The van der Waals surface area contributed by atoms with E-state index in [4.69, 9.17) is 0 Å². The summed E-state index contributed by atoms with van der Waals surface area (Å²) in [4.78, 5) is 33.3. The average molecular weight is 415 g/mol. The summed E-state index contributed by atoms with van der Waals surface area (Å²) in [7, 11) is 1.64. The topological polar surface area (TPSA) is 81.8 Å². The van der Waals surface area contributed by atoms with Gasteiger partial charge in [0.05, 0.1) is 17.5 Å². The summed E-state index contributed by atoms with van der Waals surface area (Å²) in [5.41, 5.74) is 2.31. The number of carbonyl (C=O) groups is 1. The zero-order chi connectivity index (χ0) is 20.7. The molecule has 4 rings (SSSR count). The van der Waals surface area contributed by atoms with Crippen molar-refractivity contribution in [3.63, 3.8) is 0 Å². The molecule has 10 heteroatoms. The van der Waals surface area contributed by atoms with Gasteiger partial charge in [0.1, 0.15) is 12.1 Å². The van der Waals surface area contributed by atoms with Gasteiger partial charge in [-0.2, -0.15) is 0 Å². The highest BCUT2D eigenvalue weighted by molar-refractivity contribution is 7.14. The summed E-state index contributed by atoms with van der Waals surface area (Å²) >= 11 is 1.16. The number of carbonyl (C=O) groups excluding carboxylic acids is 1. The lowest BCUT2D eigenvalue weighted by Gasteiger charge is -2.06. The Balaban J connectivity index is 1.54. The van der Waals surface area contributed by atoms with Crippen LogP contribution in [0.5, 0.6) is 0 Å². The van der Waals surface area contributed by atoms with Crippen molar-refractivity contribution in [1.29, 1.82) is 0 Å². The Kier molecular flexibility index (Phi) is 4.71. The number of pyridine rings is 1. The lowest BCUT2D eigenvalue weighted by molar-refractivity contribution is -0.116. The van der Waals surface area contributed by atoms with Crippen LogP contribution in [0.3, 0.4) is 0 Å². The van der Waals surface area contributed by atoms with E-state index in [-0.39, 0.29) is 18.0 Å². The molecule has 148 valence electrons. The molecule has 0 aliphatic carbocycles. The van der Waals surface area contributed by atoms with Crippen molar-refractivity contribution in [1.82, 2.24) is 19.1 Å². The predicted octanol–water partition coefficient (Wildman–Crippen LogP) is 3.08. The van der Waals surface area contributed by atoms with Crippen LogP contribution in [0.1, 0.15) is 5.56 Å². The number of hydrogen-bond acceptors (Lipinski definition) is 5. The predicted molar refractivity (Wildman–Crippen MR) is 106 cm³/mol. The van der Waals surface area contributed by atoms with Crippen molar-refractivity contribution in [3.8, 4) is 11.3 Å². The molecule has 0 radical (unpaired) electrons. The molecule has 0 spiro atoms. The first-order chi connectivity index (χ1) is 13.8. The normalized spacial score (nSPS) is 11.2. The first kappa shape index (κ1) is 18.9. The van der Waals surface area contributed by atoms with Crippen LogP contribution in [-0.4, -0.2) is 25.0 Å². The van der Waals surface area contributed by atoms with Gasteiger partial charge in [-0.1, -0.05) is 0 Å². The van der Waals surface area contributed by atoms with Crippen molar-refractivity contribution in [3.05, 3.63) is 63.7 Å². The highest BCUT2D eigenvalue weighted by atomic mass is 32.1. The Bertz CT molecular complexity index is 1310. The quantitative estimate of drug-likeness (QED) is 0.555. The van der Waals surface area contributed by atoms with Gasteiger partial charge in [-0.25, -0.2) is 18.7 Å². The van der Waals surface area contributed by atoms with Gasteiger partial charge in [0, 0.05) is 24.2 Å². The van der Waals surface area contributed by atoms with Crippen LogP contribution in [0.25, 0.3) is 22.3 Å². The largest absolute Gasteiger partial charge is 0.317 e. The third-order valence-corrected chi connectivity index (χ3v) is 5.16. The number of rotatable bonds is 4. The molecule has 0 saturated heterocycles. The Hall–Kier alpha value is -3.40. The SMILES string of the molecule is Cc1cn(C)c(=O)c2c1ncn2CC(=O)Nc1nc(-c2ccc(F)c(F)c2)cs1. The third kappa shape index (κ3) is 3.54. The molecule has 3 heterocycles. The molecule has 1 aromatic carbocycles. The maximum atomic E-state index is 13.4. The fourth-order valence-corrected chi connectivity index (χ4v) is 3.76. The van der Waals surface area contributed by atoms with Gasteiger partial charge in [0.25, 0.3) is 5.56 Å². The number of imidazole rings is 1. The maximum absolute atomic E-state index is 13.4. The van der Waals surface area contributed by atoms with Crippen LogP contribution in [-0.2, 0) is 18.4 Å². The molecule has 0 unspecified atom stereocenters. The number of amides is 1. The molecule has 0 fully saturated rings. The number of halogens is 2. The van der Waals surface area contributed by atoms with E-state index in [0.29, 0.717) is 27.4 Å². The molecule has 3 aromatic heterocycles. The van der Waals surface area contributed by atoms with Crippen LogP contribution in [0.2, 0.25) is 0 Å². The average Bonchev–Trinajstić information content (AvgIpc) is 3.30. The smallest absolute Gasteiger partial charge is 0.276 e. The zero-order valence-electron chi connectivity index (χ0n) is 15.4. The van der Waals surface area contributed by atoms with Crippen molar-refractivity contribution >= 4 is 33.4 Å². The van der Waals surface area contributed by atoms with Crippen molar-refractivity contribution < 1.29 is 13.6 Å². The molecule has 0 saturated carbocycles. The van der Waals surface area contributed by atoms with E-state index in [1.165, 1.54) is 21.5 Å². The van der Waals surface area contributed by atoms with E-state index in [9.17, 15) is 18.4 Å². The van der Waals surface area contributed by atoms with Crippen molar-refractivity contribution in [2.45, 2.75) is 13.5 Å². The summed E-state index contributed by atoms with van der Waals surface area (Å²) in [6.07, 6.45) is 3.14.